The average Bonchev–Trinajstić information content (AvgIpc) is 2.84. The second-order valence-corrected chi connectivity index (χ2v) is 6.53. The molecule has 0 atom stereocenters. The molecule has 0 amide bonds. The van der Waals surface area contributed by atoms with E-state index < -0.39 is 5.97 Å². The van der Waals surface area contributed by atoms with E-state index in [9.17, 15) is 9.59 Å². The zero-order chi connectivity index (χ0) is 17.1. The van der Waals surface area contributed by atoms with Gasteiger partial charge in [-0.3, -0.25) is 9.59 Å². The van der Waals surface area contributed by atoms with Crippen molar-refractivity contribution in [3.63, 3.8) is 0 Å². The molecule has 6 heteroatoms. The predicted molar refractivity (Wildman–Crippen MR) is 92.0 cm³/mol. The van der Waals surface area contributed by atoms with Crippen LogP contribution >= 0.6 is 11.3 Å². The maximum absolute atomic E-state index is 11.7. The fourth-order valence-electron chi connectivity index (χ4n) is 2.36. The van der Waals surface area contributed by atoms with Gasteiger partial charge >= 0.3 is 5.97 Å². The number of nitrogens with zero attached hydrogens (tertiary/aromatic N) is 2. The number of aryl methyl sites for hydroxylation is 3. The van der Waals surface area contributed by atoms with Crippen molar-refractivity contribution < 1.29 is 14.7 Å². The van der Waals surface area contributed by atoms with Crippen molar-refractivity contribution in [1.82, 2.24) is 4.98 Å². The minimum absolute atomic E-state index is 0.00140. The summed E-state index contributed by atoms with van der Waals surface area (Å²) in [7, 11) is 0. The maximum Gasteiger partial charge on any atom is 0.305 e. The van der Waals surface area contributed by atoms with Gasteiger partial charge in [-0.2, -0.15) is 0 Å². The Bertz CT molecular complexity index is 752. The molecule has 23 heavy (non-hydrogen) atoms. The second-order valence-electron chi connectivity index (χ2n) is 5.55. The van der Waals surface area contributed by atoms with Crippen molar-refractivity contribution in [3.05, 3.63) is 39.9 Å². The first-order valence-electron chi connectivity index (χ1n) is 7.34. The molecule has 2 rings (SSSR count). The molecule has 1 aromatic heterocycles. The van der Waals surface area contributed by atoms with Gasteiger partial charge in [-0.15, -0.1) is 0 Å². The van der Waals surface area contributed by atoms with E-state index in [0.717, 1.165) is 16.8 Å². The standard InChI is InChI=1S/C17H20N2O3S/c1-10-5-6-11(2)14(9-10)19(8-7-15(21)22)17-18-12(3)16(23-17)13(4)20/h5-6,9H,7-8H2,1-4H3,(H,21,22). The van der Waals surface area contributed by atoms with Crippen LogP contribution in [0.5, 0.6) is 0 Å². The SMILES string of the molecule is CC(=O)c1sc(N(CCC(=O)O)c2cc(C)ccc2C)nc1C. The molecule has 2 aromatic rings. The molecule has 1 N–H and O–H groups in total. The smallest absolute Gasteiger partial charge is 0.305 e. The van der Waals surface area contributed by atoms with Crippen molar-refractivity contribution in [2.45, 2.75) is 34.1 Å². The number of aliphatic carboxylic acids is 1. The average molecular weight is 332 g/mol. The van der Waals surface area contributed by atoms with Crippen molar-refractivity contribution >= 4 is 33.9 Å². The molecule has 122 valence electrons. The van der Waals surface area contributed by atoms with Crippen LogP contribution in [0.4, 0.5) is 10.8 Å². The third-order valence-electron chi connectivity index (χ3n) is 3.54. The Morgan fingerprint density at radius 2 is 1.96 bits per heavy atom. The van der Waals surface area contributed by atoms with Crippen LogP contribution < -0.4 is 4.90 Å². The minimum Gasteiger partial charge on any atom is -0.481 e. The zero-order valence-electron chi connectivity index (χ0n) is 13.7. The Morgan fingerprint density at radius 3 is 2.52 bits per heavy atom. The monoisotopic (exact) mass is 332 g/mol. The predicted octanol–water partition coefficient (Wildman–Crippen LogP) is 3.88. The number of thiazole rings is 1. The number of anilines is 2. The summed E-state index contributed by atoms with van der Waals surface area (Å²) in [5.41, 5.74) is 3.74. The number of carbonyl (C=O) groups is 2. The number of rotatable bonds is 6. The van der Waals surface area contributed by atoms with E-state index in [1.165, 1.54) is 18.3 Å². The maximum atomic E-state index is 11.7. The molecule has 0 bridgehead atoms. The number of carboxylic acid groups (broad SMARTS) is 1. The lowest BCUT2D eigenvalue weighted by Crippen LogP contribution is -2.21. The third-order valence-corrected chi connectivity index (χ3v) is 4.82. The van der Waals surface area contributed by atoms with E-state index in [4.69, 9.17) is 5.11 Å². The summed E-state index contributed by atoms with van der Waals surface area (Å²) >= 11 is 1.31. The molecule has 0 fully saturated rings. The molecule has 0 radical (unpaired) electrons. The van der Waals surface area contributed by atoms with Crippen molar-refractivity contribution in [2.24, 2.45) is 0 Å². The molecule has 0 spiro atoms. The largest absolute Gasteiger partial charge is 0.481 e. The third kappa shape index (κ3) is 3.96. The van der Waals surface area contributed by atoms with E-state index in [1.807, 2.05) is 36.9 Å². The summed E-state index contributed by atoms with van der Waals surface area (Å²) in [5.74, 6) is -0.884. The topological polar surface area (TPSA) is 70.5 Å². The molecule has 5 nitrogen and oxygen atoms in total. The number of carboxylic acids is 1. The highest BCUT2D eigenvalue weighted by molar-refractivity contribution is 7.17. The Morgan fingerprint density at radius 1 is 1.26 bits per heavy atom. The summed E-state index contributed by atoms with van der Waals surface area (Å²) in [6, 6.07) is 6.04. The second kappa shape index (κ2) is 6.91. The molecule has 1 aromatic carbocycles. The highest BCUT2D eigenvalue weighted by atomic mass is 32.1. The van der Waals surface area contributed by atoms with Crippen LogP contribution in [0.15, 0.2) is 18.2 Å². The lowest BCUT2D eigenvalue weighted by molar-refractivity contribution is -0.136. The number of carbonyl (C=O) groups excluding carboxylic acids is 1. The van der Waals surface area contributed by atoms with Crippen molar-refractivity contribution in [3.8, 4) is 0 Å². The van der Waals surface area contributed by atoms with Gasteiger partial charge in [0.25, 0.3) is 0 Å². The lowest BCUT2D eigenvalue weighted by atomic mass is 10.1. The summed E-state index contributed by atoms with van der Waals surface area (Å²) in [4.78, 5) is 29.7. The van der Waals surface area contributed by atoms with E-state index in [-0.39, 0.29) is 12.2 Å². The van der Waals surface area contributed by atoms with E-state index in [1.54, 1.807) is 6.92 Å². The van der Waals surface area contributed by atoms with Crippen LogP contribution in [0.3, 0.4) is 0 Å². The van der Waals surface area contributed by atoms with Gasteiger partial charge in [0.2, 0.25) is 0 Å². The fourth-order valence-corrected chi connectivity index (χ4v) is 3.36. The van der Waals surface area contributed by atoms with Crippen LogP contribution in [0.2, 0.25) is 0 Å². The van der Waals surface area contributed by atoms with Gasteiger partial charge in [0, 0.05) is 19.2 Å². The van der Waals surface area contributed by atoms with Gasteiger partial charge < -0.3 is 10.0 Å². The molecule has 0 aliphatic carbocycles. The van der Waals surface area contributed by atoms with E-state index in [2.05, 4.69) is 4.98 Å². The number of benzene rings is 1. The van der Waals surface area contributed by atoms with Gasteiger partial charge in [-0.25, -0.2) is 4.98 Å². The van der Waals surface area contributed by atoms with Crippen LogP contribution in [0.25, 0.3) is 0 Å². The van der Waals surface area contributed by atoms with Crippen molar-refractivity contribution in [1.29, 1.82) is 0 Å². The number of aromatic nitrogens is 1. The van der Waals surface area contributed by atoms with Crippen molar-refractivity contribution in [2.75, 3.05) is 11.4 Å². The van der Waals surface area contributed by atoms with E-state index in [0.29, 0.717) is 22.2 Å². The Kier molecular flexibility index (Phi) is 5.15. The van der Waals surface area contributed by atoms with Gasteiger partial charge in [-0.05, 0) is 38.0 Å². The van der Waals surface area contributed by atoms with Gasteiger partial charge in [0.15, 0.2) is 10.9 Å². The molecule has 0 unspecified atom stereocenters. The van der Waals surface area contributed by atoms with Gasteiger partial charge in [-0.1, -0.05) is 23.5 Å². The molecular formula is C17H20N2O3S. The molecular weight excluding hydrogens is 312 g/mol. The van der Waals surface area contributed by atoms with Crippen LogP contribution in [-0.2, 0) is 4.79 Å². The molecule has 0 aliphatic rings. The van der Waals surface area contributed by atoms with Gasteiger partial charge in [0.05, 0.1) is 17.0 Å². The molecule has 1 heterocycles. The van der Waals surface area contributed by atoms with E-state index >= 15 is 0 Å². The first kappa shape index (κ1) is 17.1. The Labute approximate surface area is 139 Å². The summed E-state index contributed by atoms with van der Waals surface area (Å²) in [6.07, 6.45) is 0.00140. The minimum atomic E-state index is -0.861. The first-order chi connectivity index (χ1) is 10.8. The Balaban J connectivity index is 2.49. The molecule has 0 aliphatic heterocycles. The highest BCUT2D eigenvalue weighted by Crippen LogP contribution is 2.34. The fraction of sp³-hybridized carbons (Fsp3) is 0.353. The van der Waals surface area contributed by atoms with Gasteiger partial charge in [0.1, 0.15) is 0 Å². The normalized spacial score (nSPS) is 10.6. The summed E-state index contributed by atoms with van der Waals surface area (Å²) in [6.45, 7) is 7.60. The quantitative estimate of drug-likeness (QED) is 0.813. The number of hydrogen-bond acceptors (Lipinski definition) is 5. The Hall–Kier alpha value is -2.21. The lowest BCUT2D eigenvalue weighted by Gasteiger charge is -2.23. The highest BCUT2D eigenvalue weighted by Gasteiger charge is 2.20. The zero-order valence-corrected chi connectivity index (χ0v) is 14.5. The van der Waals surface area contributed by atoms with Crippen LogP contribution in [0.1, 0.15) is 39.8 Å². The number of hydrogen-bond donors (Lipinski definition) is 1. The van der Waals surface area contributed by atoms with Crippen LogP contribution in [-0.4, -0.2) is 28.4 Å². The first-order valence-corrected chi connectivity index (χ1v) is 8.16. The van der Waals surface area contributed by atoms with Crippen LogP contribution in [0, 0.1) is 20.8 Å². The summed E-state index contributed by atoms with van der Waals surface area (Å²) in [5, 5.41) is 9.69. The molecule has 0 saturated carbocycles. The number of Topliss-reactive ketones (excluding diaryl/α,β-unsaturated/α-hetero) is 1. The summed E-state index contributed by atoms with van der Waals surface area (Å²) < 4.78 is 0. The number of ketones is 1. The molecule has 0 saturated heterocycles.